The van der Waals surface area contributed by atoms with Crippen molar-refractivity contribution in [3.05, 3.63) is 5.92 Å². The Morgan fingerprint density at radius 1 is 1.20 bits per heavy atom. The minimum absolute atomic E-state index is 0.837. The molecule has 0 saturated heterocycles. The molecule has 0 aliphatic rings. The molecule has 0 bridgehead atoms. The van der Waals surface area contributed by atoms with Crippen LogP contribution in [0, 0.1) is 5.92 Å². The molecule has 10 heavy (non-hydrogen) atoms. The van der Waals surface area contributed by atoms with Crippen LogP contribution in [0.1, 0.15) is 40.0 Å². The summed E-state index contributed by atoms with van der Waals surface area (Å²) in [4.78, 5) is 0. The van der Waals surface area contributed by atoms with E-state index in [2.05, 4.69) is 20.8 Å². The smallest absolute Gasteiger partial charge is 0.0523 e. The summed E-state index contributed by atoms with van der Waals surface area (Å²) in [6.07, 6.45) is 3.78. The van der Waals surface area contributed by atoms with Gasteiger partial charge in [-0.05, 0) is 12.3 Å². The first-order valence-corrected chi connectivity index (χ1v) is 4.14. The zero-order valence-electron chi connectivity index (χ0n) is 7.44. The second-order valence-electron chi connectivity index (χ2n) is 2.97. The lowest BCUT2D eigenvalue weighted by Gasteiger charge is -2.04. The summed E-state index contributed by atoms with van der Waals surface area (Å²) in [6.45, 7) is 8.17. The van der Waals surface area contributed by atoms with Crippen LogP contribution in [-0.4, -0.2) is 13.2 Å². The van der Waals surface area contributed by atoms with Crippen molar-refractivity contribution in [2.24, 2.45) is 0 Å². The second-order valence-corrected chi connectivity index (χ2v) is 2.97. The van der Waals surface area contributed by atoms with Gasteiger partial charge in [0.15, 0.2) is 0 Å². The molecule has 0 saturated carbocycles. The molecule has 0 aliphatic heterocycles. The van der Waals surface area contributed by atoms with E-state index in [1.165, 1.54) is 25.2 Å². The first kappa shape index (κ1) is 9.96. The van der Waals surface area contributed by atoms with Crippen molar-refractivity contribution >= 4 is 0 Å². The van der Waals surface area contributed by atoms with Crippen LogP contribution in [0.2, 0.25) is 0 Å². The van der Waals surface area contributed by atoms with E-state index >= 15 is 0 Å². The Balaban J connectivity index is 2.77. The van der Waals surface area contributed by atoms with E-state index in [1.807, 2.05) is 0 Å². The van der Waals surface area contributed by atoms with Gasteiger partial charge in [0.05, 0.1) is 6.61 Å². The number of hydrogen-bond acceptors (Lipinski definition) is 1. The van der Waals surface area contributed by atoms with Crippen molar-refractivity contribution in [2.75, 3.05) is 13.2 Å². The molecule has 0 N–H and O–H groups in total. The molecule has 1 radical (unpaired) electrons. The normalized spacial score (nSPS) is 10.8. The third-order valence-electron chi connectivity index (χ3n) is 1.28. The van der Waals surface area contributed by atoms with Crippen molar-refractivity contribution in [2.45, 2.75) is 40.0 Å². The lowest BCUT2D eigenvalue weighted by atomic mass is 10.2. The van der Waals surface area contributed by atoms with E-state index < -0.39 is 0 Å². The zero-order valence-corrected chi connectivity index (χ0v) is 7.44. The Morgan fingerprint density at radius 2 is 1.90 bits per heavy atom. The van der Waals surface area contributed by atoms with E-state index in [4.69, 9.17) is 4.74 Å². The SMILES string of the molecule is CCCCCOC[C](C)C. The van der Waals surface area contributed by atoms with Crippen LogP contribution in [0.15, 0.2) is 0 Å². The standard InChI is InChI=1S/C9H19O/c1-4-5-6-7-10-8-9(2)3/h4-8H2,1-3H3. The molecule has 0 fully saturated rings. The van der Waals surface area contributed by atoms with Crippen molar-refractivity contribution in [3.8, 4) is 0 Å². The molecular formula is C9H19O. The molecule has 0 atom stereocenters. The number of rotatable bonds is 6. The summed E-state index contributed by atoms with van der Waals surface area (Å²) in [5.74, 6) is 1.36. The first-order chi connectivity index (χ1) is 4.77. The molecule has 0 aromatic rings. The van der Waals surface area contributed by atoms with Crippen LogP contribution in [0.5, 0.6) is 0 Å². The third kappa shape index (κ3) is 7.96. The number of ether oxygens (including phenoxy) is 1. The Kier molecular flexibility index (Phi) is 7.04. The van der Waals surface area contributed by atoms with Gasteiger partial charge in [-0.15, -0.1) is 0 Å². The molecule has 0 amide bonds. The summed E-state index contributed by atoms with van der Waals surface area (Å²) in [7, 11) is 0. The topological polar surface area (TPSA) is 9.23 Å². The molecule has 0 heterocycles. The van der Waals surface area contributed by atoms with Crippen LogP contribution < -0.4 is 0 Å². The predicted molar refractivity (Wildman–Crippen MR) is 44.9 cm³/mol. The monoisotopic (exact) mass is 143 g/mol. The molecular weight excluding hydrogens is 124 g/mol. The van der Waals surface area contributed by atoms with Gasteiger partial charge in [-0.2, -0.15) is 0 Å². The fourth-order valence-corrected chi connectivity index (χ4v) is 0.730. The van der Waals surface area contributed by atoms with E-state index in [0.717, 1.165) is 13.2 Å². The average Bonchev–Trinajstić information content (AvgIpc) is 1.87. The lowest BCUT2D eigenvalue weighted by molar-refractivity contribution is 0.140. The molecule has 0 spiro atoms. The molecule has 0 rings (SSSR count). The minimum atomic E-state index is 0.837. The quantitative estimate of drug-likeness (QED) is 0.519. The van der Waals surface area contributed by atoms with Gasteiger partial charge in [-0.3, -0.25) is 0 Å². The summed E-state index contributed by atoms with van der Waals surface area (Å²) >= 11 is 0. The maximum absolute atomic E-state index is 5.36. The fourth-order valence-electron chi connectivity index (χ4n) is 0.730. The highest BCUT2D eigenvalue weighted by atomic mass is 16.5. The van der Waals surface area contributed by atoms with Gasteiger partial charge in [0, 0.05) is 6.61 Å². The maximum Gasteiger partial charge on any atom is 0.0523 e. The summed E-state index contributed by atoms with van der Waals surface area (Å²) in [6, 6.07) is 0. The van der Waals surface area contributed by atoms with Crippen molar-refractivity contribution in [1.29, 1.82) is 0 Å². The third-order valence-corrected chi connectivity index (χ3v) is 1.28. The second kappa shape index (κ2) is 7.07. The average molecular weight is 143 g/mol. The van der Waals surface area contributed by atoms with Crippen molar-refractivity contribution in [3.63, 3.8) is 0 Å². The molecule has 1 heteroatoms. The Labute approximate surface area is 64.8 Å². The molecule has 0 aromatic heterocycles. The number of unbranched alkanes of at least 4 members (excludes halogenated alkanes) is 2. The summed E-state index contributed by atoms with van der Waals surface area (Å²) in [5, 5.41) is 0. The lowest BCUT2D eigenvalue weighted by Crippen LogP contribution is -2.01. The van der Waals surface area contributed by atoms with Crippen LogP contribution in [0.4, 0.5) is 0 Å². The van der Waals surface area contributed by atoms with Crippen LogP contribution in [0.25, 0.3) is 0 Å². The van der Waals surface area contributed by atoms with Gasteiger partial charge in [0.25, 0.3) is 0 Å². The van der Waals surface area contributed by atoms with Gasteiger partial charge in [-0.25, -0.2) is 0 Å². The van der Waals surface area contributed by atoms with Gasteiger partial charge < -0.3 is 4.74 Å². The van der Waals surface area contributed by atoms with Gasteiger partial charge in [0.2, 0.25) is 0 Å². The Morgan fingerprint density at radius 3 is 2.40 bits per heavy atom. The summed E-state index contributed by atoms with van der Waals surface area (Å²) in [5.41, 5.74) is 0. The van der Waals surface area contributed by atoms with Crippen LogP contribution in [-0.2, 0) is 4.74 Å². The van der Waals surface area contributed by atoms with E-state index in [9.17, 15) is 0 Å². The van der Waals surface area contributed by atoms with E-state index in [0.29, 0.717) is 0 Å². The molecule has 0 aliphatic carbocycles. The molecule has 1 nitrogen and oxygen atoms in total. The van der Waals surface area contributed by atoms with E-state index in [-0.39, 0.29) is 0 Å². The first-order valence-electron chi connectivity index (χ1n) is 4.14. The van der Waals surface area contributed by atoms with Crippen molar-refractivity contribution < 1.29 is 4.74 Å². The highest BCUT2D eigenvalue weighted by molar-refractivity contribution is 4.74. The van der Waals surface area contributed by atoms with Gasteiger partial charge >= 0.3 is 0 Å². The largest absolute Gasteiger partial charge is 0.381 e. The van der Waals surface area contributed by atoms with Crippen LogP contribution >= 0.6 is 0 Å². The minimum Gasteiger partial charge on any atom is -0.381 e. The van der Waals surface area contributed by atoms with Crippen LogP contribution in [0.3, 0.4) is 0 Å². The molecule has 0 unspecified atom stereocenters. The van der Waals surface area contributed by atoms with Gasteiger partial charge in [-0.1, -0.05) is 33.6 Å². The van der Waals surface area contributed by atoms with Crippen molar-refractivity contribution in [1.82, 2.24) is 0 Å². The zero-order chi connectivity index (χ0) is 7.82. The summed E-state index contributed by atoms with van der Waals surface area (Å²) < 4.78 is 5.36. The predicted octanol–water partition coefficient (Wildman–Crippen LogP) is 2.81. The molecule has 0 aromatic carbocycles. The van der Waals surface area contributed by atoms with Gasteiger partial charge in [0.1, 0.15) is 0 Å². The maximum atomic E-state index is 5.36. The molecule has 61 valence electrons. The Bertz CT molecular complexity index is 59.7. The van der Waals surface area contributed by atoms with E-state index in [1.54, 1.807) is 0 Å². The highest BCUT2D eigenvalue weighted by Crippen LogP contribution is 1.98. The Hall–Kier alpha value is -0.0400. The fraction of sp³-hybridized carbons (Fsp3) is 0.889. The number of hydrogen-bond donors (Lipinski definition) is 0. The highest BCUT2D eigenvalue weighted by Gasteiger charge is 1.92.